The van der Waals surface area contributed by atoms with E-state index in [1.54, 1.807) is 6.07 Å². The highest BCUT2D eigenvalue weighted by Crippen LogP contribution is 2.22. The fourth-order valence-electron chi connectivity index (χ4n) is 1.60. The van der Waals surface area contributed by atoms with Crippen molar-refractivity contribution in [1.29, 1.82) is 5.26 Å². The minimum Gasteiger partial charge on any atom is -0.437 e. The van der Waals surface area contributed by atoms with Gasteiger partial charge in [-0.05, 0) is 30.2 Å². The Bertz CT molecular complexity index is 558. The second kappa shape index (κ2) is 5.78. The Morgan fingerprint density at radius 1 is 1.22 bits per heavy atom. The van der Waals surface area contributed by atoms with Crippen LogP contribution in [-0.4, -0.2) is 10.2 Å². The number of rotatable bonds is 4. The largest absolute Gasteiger partial charge is 0.437 e. The van der Waals surface area contributed by atoms with E-state index in [-0.39, 0.29) is 5.88 Å². The van der Waals surface area contributed by atoms with E-state index in [0.717, 1.165) is 12.8 Å². The molecule has 1 aromatic heterocycles. The molecule has 0 bridgehead atoms. The molecule has 2 rings (SSSR count). The highest BCUT2D eigenvalue weighted by atomic mass is 16.5. The van der Waals surface area contributed by atoms with Crippen LogP contribution < -0.4 is 4.74 Å². The van der Waals surface area contributed by atoms with Gasteiger partial charge in [0.1, 0.15) is 17.4 Å². The minimum atomic E-state index is 0.239. The van der Waals surface area contributed by atoms with Crippen molar-refractivity contribution >= 4 is 0 Å². The maximum Gasteiger partial charge on any atom is 0.256 e. The summed E-state index contributed by atoms with van der Waals surface area (Å²) < 4.78 is 5.54. The number of nitriles is 1. The van der Waals surface area contributed by atoms with Gasteiger partial charge in [0.05, 0.1) is 6.20 Å². The van der Waals surface area contributed by atoms with Gasteiger partial charge >= 0.3 is 0 Å². The Hall–Kier alpha value is -2.41. The lowest BCUT2D eigenvalue weighted by Gasteiger charge is -2.05. The highest BCUT2D eigenvalue weighted by molar-refractivity contribution is 5.39. The van der Waals surface area contributed by atoms with Gasteiger partial charge in [0.15, 0.2) is 0 Å². The van der Waals surface area contributed by atoms with Crippen LogP contribution in [0.3, 0.4) is 0 Å². The lowest BCUT2D eigenvalue weighted by molar-refractivity contribution is 0.453. The zero-order valence-electron chi connectivity index (χ0n) is 10.1. The van der Waals surface area contributed by atoms with E-state index >= 15 is 0 Å². The van der Waals surface area contributed by atoms with Gasteiger partial charge in [-0.2, -0.15) is 10.4 Å². The smallest absolute Gasteiger partial charge is 0.256 e. The van der Waals surface area contributed by atoms with Crippen molar-refractivity contribution in [2.45, 2.75) is 19.8 Å². The summed E-state index contributed by atoms with van der Waals surface area (Å²) in [7, 11) is 0. The summed E-state index contributed by atoms with van der Waals surface area (Å²) in [6.45, 7) is 2.14. The zero-order valence-corrected chi connectivity index (χ0v) is 10.1. The summed E-state index contributed by atoms with van der Waals surface area (Å²) in [5.41, 5.74) is 1.65. The summed E-state index contributed by atoms with van der Waals surface area (Å²) >= 11 is 0. The normalized spacial score (nSPS) is 9.78. The number of ether oxygens (including phenoxy) is 1. The van der Waals surface area contributed by atoms with Crippen LogP contribution in [0.4, 0.5) is 0 Å². The van der Waals surface area contributed by atoms with Crippen LogP contribution in [0.1, 0.15) is 24.5 Å². The summed E-state index contributed by atoms with van der Waals surface area (Å²) in [4.78, 5) is 0. The molecule has 90 valence electrons. The summed E-state index contributed by atoms with van der Waals surface area (Å²) in [6, 6.07) is 11.4. The molecular formula is C14H13N3O. The molecule has 4 heteroatoms. The number of nitrogens with zero attached hydrogens (tertiary/aromatic N) is 3. The molecule has 0 spiro atoms. The number of benzene rings is 1. The molecule has 0 saturated carbocycles. The predicted octanol–water partition coefficient (Wildman–Crippen LogP) is 3.09. The van der Waals surface area contributed by atoms with E-state index in [9.17, 15) is 0 Å². The molecule has 0 fully saturated rings. The molecule has 0 aliphatic carbocycles. The molecule has 2 aromatic rings. The molecule has 0 unspecified atom stereocenters. The first-order valence-corrected chi connectivity index (χ1v) is 5.82. The van der Waals surface area contributed by atoms with Crippen LogP contribution in [0.15, 0.2) is 36.5 Å². The van der Waals surface area contributed by atoms with Gasteiger partial charge in [-0.3, -0.25) is 0 Å². The molecule has 0 saturated heterocycles. The van der Waals surface area contributed by atoms with E-state index < -0.39 is 0 Å². The molecule has 0 aliphatic heterocycles. The standard InChI is InChI=1S/C14H13N3O/c1-2-3-11-4-6-13(7-5-11)18-14-12(10-15)8-9-16-17-14/h4-9H,2-3H2,1H3. The highest BCUT2D eigenvalue weighted by Gasteiger charge is 2.05. The van der Waals surface area contributed by atoms with Crippen LogP contribution in [0.2, 0.25) is 0 Å². The fourth-order valence-corrected chi connectivity index (χ4v) is 1.60. The van der Waals surface area contributed by atoms with E-state index in [2.05, 4.69) is 17.1 Å². The molecule has 0 amide bonds. The Morgan fingerprint density at radius 3 is 2.67 bits per heavy atom. The van der Waals surface area contributed by atoms with Crippen molar-refractivity contribution in [3.05, 3.63) is 47.7 Å². The second-order valence-corrected chi connectivity index (χ2v) is 3.86. The van der Waals surface area contributed by atoms with Crippen LogP contribution >= 0.6 is 0 Å². The van der Waals surface area contributed by atoms with E-state index in [1.807, 2.05) is 30.3 Å². The maximum atomic E-state index is 8.91. The SMILES string of the molecule is CCCc1ccc(Oc2nnccc2C#N)cc1. The quantitative estimate of drug-likeness (QED) is 0.822. The van der Waals surface area contributed by atoms with Crippen molar-refractivity contribution in [2.75, 3.05) is 0 Å². The van der Waals surface area contributed by atoms with Crippen LogP contribution in [0, 0.1) is 11.3 Å². The molecule has 0 atom stereocenters. The summed E-state index contributed by atoms with van der Waals surface area (Å²) in [6.07, 6.45) is 3.63. The van der Waals surface area contributed by atoms with Crippen molar-refractivity contribution < 1.29 is 4.74 Å². The van der Waals surface area contributed by atoms with Crippen molar-refractivity contribution in [2.24, 2.45) is 0 Å². The Kier molecular flexibility index (Phi) is 3.87. The fraction of sp³-hybridized carbons (Fsp3) is 0.214. The van der Waals surface area contributed by atoms with Crippen LogP contribution in [-0.2, 0) is 6.42 Å². The molecule has 0 radical (unpaired) electrons. The monoisotopic (exact) mass is 239 g/mol. The predicted molar refractivity (Wildman–Crippen MR) is 67.3 cm³/mol. The van der Waals surface area contributed by atoms with Gasteiger partial charge in [-0.15, -0.1) is 5.10 Å². The van der Waals surface area contributed by atoms with Crippen molar-refractivity contribution in [3.63, 3.8) is 0 Å². The van der Waals surface area contributed by atoms with Crippen LogP contribution in [0.5, 0.6) is 11.6 Å². The van der Waals surface area contributed by atoms with Gasteiger partial charge < -0.3 is 4.74 Å². The molecule has 4 nitrogen and oxygen atoms in total. The van der Waals surface area contributed by atoms with Gasteiger partial charge in [0.25, 0.3) is 5.88 Å². The lowest BCUT2D eigenvalue weighted by atomic mass is 10.1. The molecule has 18 heavy (non-hydrogen) atoms. The zero-order chi connectivity index (χ0) is 12.8. The minimum absolute atomic E-state index is 0.239. The first kappa shape index (κ1) is 12.1. The molecule has 0 N–H and O–H groups in total. The maximum absolute atomic E-state index is 8.91. The molecular weight excluding hydrogens is 226 g/mol. The molecule has 1 aromatic carbocycles. The van der Waals surface area contributed by atoms with E-state index in [1.165, 1.54) is 11.8 Å². The first-order chi connectivity index (χ1) is 8.83. The van der Waals surface area contributed by atoms with Crippen molar-refractivity contribution in [1.82, 2.24) is 10.2 Å². The third-order valence-corrected chi connectivity index (χ3v) is 2.48. The topological polar surface area (TPSA) is 58.8 Å². The molecule has 0 aliphatic rings. The number of aryl methyl sites for hydroxylation is 1. The van der Waals surface area contributed by atoms with Gasteiger partial charge in [0.2, 0.25) is 0 Å². The summed E-state index contributed by atoms with van der Waals surface area (Å²) in [5, 5.41) is 16.4. The van der Waals surface area contributed by atoms with E-state index in [4.69, 9.17) is 10.00 Å². The third kappa shape index (κ3) is 2.83. The average molecular weight is 239 g/mol. The lowest BCUT2D eigenvalue weighted by Crippen LogP contribution is -1.93. The number of aromatic nitrogens is 2. The van der Waals surface area contributed by atoms with Crippen LogP contribution in [0.25, 0.3) is 0 Å². The summed E-state index contributed by atoms with van der Waals surface area (Å²) in [5.74, 6) is 0.898. The number of hydrogen-bond donors (Lipinski definition) is 0. The Labute approximate surface area is 106 Å². The average Bonchev–Trinajstić information content (AvgIpc) is 2.42. The van der Waals surface area contributed by atoms with Gasteiger partial charge in [-0.25, -0.2) is 0 Å². The Balaban J connectivity index is 2.16. The van der Waals surface area contributed by atoms with E-state index in [0.29, 0.717) is 11.3 Å². The number of hydrogen-bond acceptors (Lipinski definition) is 4. The third-order valence-electron chi connectivity index (χ3n) is 2.48. The first-order valence-electron chi connectivity index (χ1n) is 5.82. The van der Waals surface area contributed by atoms with Crippen molar-refractivity contribution in [3.8, 4) is 17.7 Å². The molecule has 1 heterocycles. The van der Waals surface area contributed by atoms with Gasteiger partial charge in [-0.1, -0.05) is 25.5 Å². The second-order valence-electron chi connectivity index (χ2n) is 3.86. The Morgan fingerprint density at radius 2 is 2.00 bits per heavy atom. The van der Waals surface area contributed by atoms with Gasteiger partial charge in [0, 0.05) is 0 Å².